The highest BCUT2D eigenvalue weighted by Crippen LogP contribution is 2.40. The van der Waals surface area contributed by atoms with Crippen molar-refractivity contribution >= 4 is 39.4 Å². The molecular formula is C25H28ClN7. The Bertz CT molecular complexity index is 1290. The van der Waals surface area contributed by atoms with Crippen molar-refractivity contribution in [2.75, 3.05) is 31.1 Å². The number of anilines is 1. The standard InChI is InChI=1S/C25H28ClN7/c1-16(12-21-23-25(30-14-28-21)31-15-29-23)19-13-20(26)18-6-3-7-27-22(18)24(19)33-10-8-32(9-11-33)17-4-2-5-17/h3,6-7,13-17H,2,4-5,8-12H2,1H3,(H,28,29,30,31). The number of nitrogens with zero attached hydrogens (tertiary/aromatic N) is 6. The first kappa shape index (κ1) is 20.8. The summed E-state index contributed by atoms with van der Waals surface area (Å²) in [4.78, 5) is 26.3. The van der Waals surface area contributed by atoms with E-state index in [0.717, 1.165) is 65.8 Å². The van der Waals surface area contributed by atoms with E-state index in [4.69, 9.17) is 16.6 Å². The Labute approximate surface area is 198 Å². The minimum atomic E-state index is 0.204. The molecule has 0 amide bonds. The molecule has 3 aromatic heterocycles. The predicted molar refractivity (Wildman–Crippen MR) is 132 cm³/mol. The Hall–Kier alpha value is -2.77. The lowest BCUT2D eigenvalue weighted by Crippen LogP contribution is -2.52. The number of pyridine rings is 1. The number of piperazine rings is 1. The van der Waals surface area contributed by atoms with Gasteiger partial charge in [-0.05, 0) is 48.9 Å². The minimum absolute atomic E-state index is 0.204. The second-order valence-electron chi connectivity index (χ2n) is 9.33. The molecule has 1 atom stereocenters. The molecule has 2 fully saturated rings. The molecule has 33 heavy (non-hydrogen) atoms. The fourth-order valence-corrected chi connectivity index (χ4v) is 5.62. The van der Waals surface area contributed by atoms with E-state index in [1.54, 1.807) is 12.7 Å². The number of halogens is 1. The molecule has 8 heteroatoms. The summed E-state index contributed by atoms with van der Waals surface area (Å²) in [6.45, 7) is 6.49. The third-order valence-corrected chi connectivity index (χ3v) is 7.71. The molecule has 1 aliphatic carbocycles. The molecule has 0 radical (unpaired) electrons. The first-order valence-corrected chi connectivity index (χ1v) is 12.3. The number of H-pyrrole nitrogens is 1. The van der Waals surface area contributed by atoms with Crippen molar-refractivity contribution in [1.82, 2.24) is 29.8 Å². The van der Waals surface area contributed by atoms with Gasteiger partial charge in [-0.25, -0.2) is 15.0 Å². The van der Waals surface area contributed by atoms with Crippen LogP contribution in [0.15, 0.2) is 37.1 Å². The number of nitrogens with one attached hydrogen (secondary N) is 1. The zero-order valence-corrected chi connectivity index (χ0v) is 19.6. The maximum absolute atomic E-state index is 6.78. The molecule has 1 aromatic carbocycles. The number of fused-ring (bicyclic) bond motifs is 2. The van der Waals surface area contributed by atoms with E-state index < -0.39 is 0 Å². The lowest BCUT2D eigenvalue weighted by molar-refractivity contribution is 0.120. The van der Waals surface area contributed by atoms with Crippen molar-refractivity contribution in [1.29, 1.82) is 0 Å². The number of rotatable bonds is 5. The second-order valence-corrected chi connectivity index (χ2v) is 9.74. The van der Waals surface area contributed by atoms with Gasteiger partial charge in [0.15, 0.2) is 5.65 Å². The zero-order chi connectivity index (χ0) is 22.4. The molecule has 0 bridgehead atoms. The summed E-state index contributed by atoms with van der Waals surface area (Å²) < 4.78 is 0. The Kier molecular flexibility index (Phi) is 5.38. The van der Waals surface area contributed by atoms with Gasteiger partial charge in [0.2, 0.25) is 0 Å². The number of benzene rings is 1. The van der Waals surface area contributed by atoms with Crippen LogP contribution in [0.3, 0.4) is 0 Å². The molecule has 1 saturated carbocycles. The van der Waals surface area contributed by atoms with Crippen LogP contribution in [0.2, 0.25) is 5.02 Å². The Morgan fingerprint density at radius 1 is 1.12 bits per heavy atom. The van der Waals surface area contributed by atoms with Gasteiger partial charge >= 0.3 is 0 Å². The maximum Gasteiger partial charge on any atom is 0.180 e. The van der Waals surface area contributed by atoms with Gasteiger partial charge in [-0.1, -0.05) is 24.9 Å². The Balaban J connectivity index is 1.37. The van der Waals surface area contributed by atoms with Crippen LogP contribution in [0.5, 0.6) is 0 Å². The van der Waals surface area contributed by atoms with E-state index in [1.807, 2.05) is 12.3 Å². The highest BCUT2D eigenvalue weighted by molar-refractivity contribution is 6.36. The molecule has 0 spiro atoms. The first-order valence-electron chi connectivity index (χ1n) is 11.9. The number of imidazole rings is 1. The summed E-state index contributed by atoms with van der Waals surface area (Å²) in [6, 6.07) is 6.98. The molecule has 1 N–H and O–H groups in total. The summed E-state index contributed by atoms with van der Waals surface area (Å²) in [5, 5.41) is 1.77. The number of hydrogen-bond acceptors (Lipinski definition) is 6. The Morgan fingerprint density at radius 2 is 1.97 bits per heavy atom. The van der Waals surface area contributed by atoms with Crippen LogP contribution in [0.1, 0.15) is 43.4 Å². The largest absolute Gasteiger partial charge is 0.367 e. The number of aromatic nitrogens is 5. The normalized spacial score (nSPS) is 18.7. The average molecular weight is 462 g/mol. The summed E-state index contributed by atoms with van der Waals surface area (Å²) in [6.07, 6.45) is 10.0. The number of aromatic amines is 1. The quantitative estimate of drug-likeness (QED) is 0.469. The van der Waals surface area contributed by atoms with Crippen molar-refractivity contribution in [3.8, 4) is 0 Å². The molecule has 2 aliphatic rings. The molecule has 1 unspecified atom stereocenters. The molecule has 7 nitrogen and oxygen atoms in total. The van der Waals surface area contributed by atoms with Crippen LogP contribution in [-0.2, 0) is 6.42 Å². The summed E-state index contributed by atoms with van der Waals surface area (Å²) in [5.41, 5.74) is 6.05. The fourth-order valence-electron chi connectivity index (χ4n) is 5.35. The minimum Gasteiger partial charge on any atom is -0.367 e. The van der Waals surface area contributed by atoms with Crippen LogP contribution in [0, 0.1) is 0 Å². The van der Waals surface area contributed by atoms with Gasteiger partial charge in [-0.3, -0.25) is 9.88 Å². The summed E-state index contributed by atoms with van der Waals surface area (Å²) >= 11 is 6.78. The fraction of sp³-hybridized carbons (Fsp3) is 0.440. The third-order valence-electron chi connectivity index (χ3n) is 7.40. The van der Waals surface area contributed by atoms with Crippen molar-refractivity contribution in [2.45, 2.75) is 44.6 Å². The molecule has 1 aliphatic heterocycles. The monoisotopic (exact) mass is 461 g/mol. The van der Waals surface area contributed by atoms with Crippen molar-refractivity contribution in [2.24, 2.45) is 0 Å². The van der Waals surface area contributed by atoms with Gasteiger partial charge in [0, 0.05) is 43.8 Å². The highest BCUT2D eigenvalue weighted by atomic mass is 35.5. The van der Waals surface area contributed by atoms with Gasteiger partial charge in [0.05, 0.1) is 28.2 Å². The maximum atomic E-state index is 6.78. The van der Waals surface area contributed by atoms with Gasteiger partial charge in [0.25, 0.3) is 0 Å². The SMILES string of the molecule is CC(Cc1ncnc2nc[nH]c12)c1cc(Cl)c2cccnc2c1N1CCN(C2CCC2)CC1. The van der Waals surface area contributed by atoms with Gasteiger partial charge in [-0.2, -0.15) is 0 Å². The van der Waals surface area contributed by atoms with E-state index in [-0.39, 0.29) is 5.92 Å². The van der Waals surface area contributed by atoms with E-state index >= 15 is 0 Å². The van der Waals surface area contributed by atoms with Gasteiger partial charge < -0.3 is 9.88 Å². The van der Waals surface area contributed by atoms with Crippen LogP contribution in [0.4, 0.5) is 5.69 Å². The molecular weight excluding hydrogens is 434 g/mol. The van der Waals surface area contributed by atoms with E-state index in [2.05, 4.69) is 48.8 Å². The van der Waals surface area contributed by atoms with E-state index in [0.29, 0.717) is 5.65 Å². The molecule has 4 heterocycles. The van der Waals surface area contributed by atoms with Crippen LogP contribution in [-0.4, -0.2) is 62.0 Å². The van der Waals surface area contributed by atoms with Crippen LogP contribution >= 0.6 is 11.6 Å². The second kappa shape index (κ2) is 8.54. The van der Waals surface area contributed by atoms with E-state index in [9.17, 15) is 0 Å². The lowest BCUT2D eigenvalue weighted by Gasteiger charge is -2.44. The van der Waals surface area contributed by atoms with Crippen LogP contribution < -0.4 is 4.90 Å². The van der Waals surface area contributed by atoms with Gasteiger partial charge in [0.1, 0.15) is 11.8 Å². The highest BCUT2D eigenvalue weighted by Gasteiger charge is 2.30. The predicted octanol–water partition coefficient (Wildman–Crippen LogP) is 4.58. The van der Waals surface area contributed by atoms with Crippen molar-refractivity contribution < 1.29 is 0 Å². The van der Waals surface area contributed by atoms with Crippen LogP contribution in [0.25, 0.3) is 22.1 Å². The third kappa shape index (κ3) is 3.73. The Morgan fingerprint density at radius 3 is 2.76 bits per heavy atom. The molecule has 1 saturated heterocycles. The lowest BCUT2D eigenvalue weighted by atomic mass is 9.90. The summed E-state index contributed by atoms with van der Waals surface area (Å²) in [7, 11) is 0. The van der Waals surface area contributed by atoms with E-state index in [1.165, 1.54) is 30.5 Å². The first-order chi connectivity index (χ1) is 16.2. The smallest absolute Gasteiger partial charge is 0.180 e. The summed E-state index contributed by atoms with van der Waals surface area (Å²) in [5.74, 6) is 0.204. The number of hydrogen-bond donors (Lipinski definition) is 1. The van der Waals surface area contributed by atoms with Crippen molar-refractivity contribution in [3.05, 3.63) is 53.3 Å². The van der Waals surface area contributed by atoms with Crippen molar-refractivity contribution in [3.63, 3.8) is 0 Å². The zero-order valence-electron chi connectivity index (χ0n) is 18.8. The topological polar surface area (TPSA) is 73.8 Å². The molecule has 6 rings (SSSR count). The average Bonchev–Trinajstić information content (AvgIpc) is 3.29. The molecule has 4 aromatic rings. The molecule has 170 valence electrons. The van der Waals surface area contributed by atoms with Gasteiger partial charge in [-0.15, -0.1) is 0 Å².